The minimum Gasteiger partial charge on any atom is -0.382 e. The van der Waals surface area contributed by atoms with Gasteiger partial charge in [0.05, 0.1) is 0 Å². The maximum atomic E-state index is 12.0. The third kappa shape index (κ3) is 5.19. The fourth-order valence-electron chi connectivity index (χ4n) is 3.17. The Morgan fingerprint density at radius 1 is 1.40 bits per heavy atom. The molecule has 4 N–H and O–H groups in total. The number of nitrogen functional groups attached to an aromatic ring is 1. The van der Waals surface area contributed by atoms with Gasteiger partial charge in [0, 0.05) is 25.7 Å². The predicted molar refractivity (Wildman–Crippen MR) is 100.0 cm³/mol. The zero-order valence-electron chi connectivity index (χ0n) is 14.3. The van der Waals surface area contributed by atoms with Crippen molar-refractivity contribution in [3.8, 4) is 0 Å². The number of amides is 1. The average molecular weight is 339 g/mol. The summed E-state index contributed by atoms with van der Waals surface area (Å²) in [4.78, 5) is 14.5. The normalized spacial score (nSPS) is 18.5. The number of nitrogens with one attached hydrogen (secondary N) is 2. The highest BCUT2D eigenvalue weighted by molar-refractivity contribution is 5.92. The first-order chi connectivity index (χ1) is 12.2. The van der Waals surface area contributed by atoms with Crippen LogP contribution in [0.5, 0.6) is 0 Å². The number of carbonyl (C=O) groups is 1. The molecule has 25 heavy (non-hydrogen) atoms. The summed E-state index contributed by atoms with van der Waals surface area (Å²) in [6, 6.07) is 11.9. The smallest absolute Gasteiger partial charge is 0.269 e. The first kappa shape index (κ1) is 17.2. The molecule has 0 aliphatic carbocycles. The lowest BCUT2D eigenvalue weighted by Crippen LogP contribution is -2.41. The summed E-state index contributed by atoms with van der Waals surface area (Å²) in [6.07, 6.45) is 6.68. The lowest BCUT2D eigenvalue weighted by Gasteiger charge is -2.32. The number of nitrogens with two attached hydrogens (primary N) is 1. The van der Waals surface area contributed by atoms with Crippen molar-refractivity contribution in [3.63, 3.8) is 0 Å². The number of H-pyrrole nitrogens is 1. The molecular weight excluding hydrogens is 314 g/mol. The molecule has 3 rings (SSSR count). The number of hydrogen-bond acceptors (Lipinski definition) is 4. The summed E-state index contributed by atoms with van der Waals surface area (Å²) in [7, 11) is 0. The minimum absolute atomic E-state index is 0.148. The summed E-state index contributed by atoms with van der Waals surface area (Å²) >= 11 is 0. The van der Waals surface area contributed by atoms with E-state index in [1.807, 2.05) is 18.2 Å². The number of rotatable bonds is 6. The molecule has 0 radical (unpaired) electrons. The molecule has 132 valence electrons. The number of likely N-dealkylation sites (tertiary alicyclic amines) is 1. The Kier molecular flexibility index (Phi) is 5.85. The molecule has 0 saturated carbocycles. The molecular formula is C19H25N5O. The maximum Gasteiger partial charge on any atom is 0.269 e. The Labute approximate surface area is 148 Å². The van der Waals surface area contributed by atoms with Crippen LogP contribution in [0.1, 0.15) is 28.9 Å². The highest BCUT2D eigenvalue weighted by Gasteiger charge is 2.20. The van der Waals surface area contributed by atoms with Crippen molar-refractivity contribution in [1.82, 2.24) is 20.4 Å². The second kappa shape index (κ2) is 8.48. The first-order valence-electron chi connectivity index (χ1n) is 8.74. The topological polar surface area (TPSA) is 87.0 Å². The lowest BCUT2D eigenvalue weighted by molar-refractivity contribution is 0.0930. The fourth-order valence-corrected chi connectivity index (χ4v) is 3.17. The standard InChI is InChI=1S/C19H25N5O/c20-18-12-17(22-23-18)19(25)21-13-16-9-5-11-24(14-16)10-4-8-15-6-2-1-3-7-15/h1-4,6-8,12,16H,5,9-11,13-14H2,(H,21,25)(H3,20,22,23)/b8-4+. The Hall–Kier alpha value is -2.60. The first-order valence-corrected chi connectivity index (χ1v) is 8.74. The van der Waals surface area contributed by atoms with Crippen LogP contribution in [0.15, 0.2) is 42.5 Å². The van der Waals surface area contributed by atoms with Crippen LogP contribution in [-0.2, 0) is 0 Å². The van der Waals surface area contributed by atoms with E-state index < -0.39 is 0 Å². The lowest BCUT2D eigenvalue weighted by atomic mass is 9.98. The summed E-state index contributed by atoms with van der Waals surface area (Å²) in [5.74, 6) is 0.660. The molecule has 6 heteroatoms. The highest BCUT2D eigenvalue weighted by atomic mass is 16.1. The number of benzene rings is 1. The molecule has 1 aromatic carbocycles. The van der Waals surface area contributed by atoms with Crippen molar-refractivity contribution < 1.29 is 4.79 Å². The molecule has 2 heterocycles. The average Bonchev–Trinajstić information content (AvgIpc) is 3.07. The summed E-state index contributed by atoms with van der Waals surface area (Å²) < 4.78 is 0. The molecule has 1 atom stereocenters. The largest absolute Gasteiger partial charge is 0.382 e. The van der Waals surface area contributed by atoms with Crippen LogP contribution < -0.4 is 11.1 Å². The van der Waals surface area contributed by atoms with E-state index in [1.165, 1.54) is 5.56 Å². The Bertz CT molecular complexity index is 710. The second-order valence-electron chi connectivity index (χ2n) is 6.50. The monoisotopic (exact) mass is 339 g/mol. The quantitative estimate of drug-likeness (QED) is 0.752. The van der Waals surface area contributed by atoms with E-state index in [1.54, 1.807) is 6.07 Å². The molecule has 1 amide bonds. The molecule has 0 bridgehead atoms. The molecule has 1 saturated heterocycles. The van der Waals surface area contributed by atoms with Gasteiger partial charge in [0.1, 0.15) is 11.5 Å². The van der Waals surface area contributed by atoms with E-state index in [-0.39, 0.29) is 5.91 Å². The zero-order valence-corrected chi connectivity index (χ0v) is 14.3. The zero-order chi connectivity index (χ0) is 17.5. The van der Waals surface area contributed by atoms with Gasteiger partial charge in [0.2, 0.25) is 0 Å². The predicted octanol–water partition coefficient (Wildman–Crippen LogP) is 2.15. The van der Waals surface area contributed by atoms with Gasteiger partial charge in [-0.3, -0.25) is 14.8 Å². The van der Waals surface area contributed by atoms with Gasteiger partial charge in [-0.15, -0.1) is 0 Å². The fraction of sp³-hybridized carbons (Fsp3) is 0.368. The highest BCUT2D eigenvalue weighted by Crippen LogP contribution is 2.16. The van der Waals surface area contributed by atoms with E-state index in [9.17, 15) is 4.79 Å². The Morgan fingerprint density at radius 3 is 3.00 bits per heavy atom. The molecule has 1 aromatic heterocycles. The number of aromatic amines is 1. The van der Waals surface area contributed by atoms with Gasteiger partial charge in [-0.05, 0) is 30.9 Å². The van der Waals surface area contributed by atoms with E-state index in [2.05, 4.69) is 44.7 Å². The van der Waals surface area contributed by atoms with Gasteiger partial charge < -0.3 is 11.1 Å². The van der Waals surface area contributed by atoms with Gasteiger partial charge in [-0.1, -0.05) is 42.5 Å². The SMILES string of the molecule is Nc1cc(C(=O)NCC2CCCN(C/C=C/c3ccccc3)C2)[nH]n1. The van der Waals surface area contributed by atoms with Crippen LogP contribution in [0.4, 0.5) is 5.82 Å². The Morgan fingerprint density at radius 2 is 2.24 bits per heavy atom. The molecule has 1 unspecified atom stereocenters. The van der Waals surface area contributed by atoms with Crippen LogP contribution in [0.2, 0.25) is 0 Å². The van der Waals surface area contributed by atoms with Crippen molar-refractivity contribution in [3.05, 3.63) is 53.7 Å². The van der Waals surface area contributed by atoms with Crippen molar-refractivity contribution in [1.29, 1.82) is 0 Å². The van der Waals surface area contributed by atoms with Gasteiger partial charge in [0.15, 0.2) is 0 Å². The van der Waals surface area contributed by atoms with Crippen LogP contribution in [0.25, 0.3) is 6.08 Å². The number of hydrogen-bond donors (Lipinski definition) is 3. The molecule has 1 fully saturated rings. The Balaban J connectivity index is 1.43. The molecule has 6 nitrogen and oxygen atoms in total. The second-order valence-corrected chi connectivity index (χ2v) is 6.50. The van der Waals surface area contributed by atoms with E-state index in [0.29, 0.717) is 24.0 Å². The van der Waals surface area contributed by atoms with Crippen molar-refractivity contribution in [2.45, 2.75) is 12.8 Å². The number of anilines is 1. The van der Waals surface area contributed by atoms with Crippen LogP contribution >= 0.6 is 0 Å². The van der Waals surface area contributed by atoms with Gasteiger partial charge in [0.25, 0.3) is 5.91 Å². The van der Waals surface area contributed by atoms with E-state index in [4.69, 9.17) is 5.73 Å². The van der Waals surface area contributed by atoms with Gasteiger partial charge in [-0.25, -0.2) is 0 Å². The van der Waals surface area contributed by atoms with Gasteiger partial charge in [-0.2, -0.15) is 5.10 Å². The maximum absolute atomic E-state index is 12.0. The van der Waals surface area contributed by atoms with Crippen LogP contribution in [0.3, 0.4) is 0 Å². The van der Waals surface area contributed by atoms with E-state index in [0.717, 1.165) is 32.5 Å². The van der Waals surface area contributed by atoms with Crippen molar-refractivity contribution in [2.75, 3.05) is 31.9 Å². The molecule has 1 aliphatic heterocycles. The number of piperidine rings is 1. The van der Waals surface area contributed by atoms with Gasteiger partial charge >= 0.3 is 0 Å². The van der Waals surface area contributed by atoms with Crippen molar-refractivity contribution in [2.24, 2.45) is 5.92 Å². The third-order valence-corrected chi connectivity index (χ3v) is 4.47. The summed E-state index contributed by atoms with van der Waals surface area (Å²) in [6.45, 7) is 3.73. The summed E-state index contributed by atoms with van der Waals surface area (Å²) in [5.41, 5.74) is 7.16. The van der Waals surface area contributed by atoms with E-state index >= 15 is 0 Å². The number of carbonyl (C=O) groups excluding carboxylic acids is 1. The van der Waals surface area contributed by atoms with Crippen LogP contribution in [-0.4, -0.2) is 47.2 Å². The minimum atomic E-state index is -0.148. The molecule has 1 aliphatic rings. The summed E-state index contributed by atoms with van der Waals surface area (Å²) in [5, 5.41) is 9.39. The van der Waals surface area contributed by atoms with Crippen molar-refractivity contribution >= 4 is 17.8 Å². The molecule has 0 spiro atoms. The molecule has 2 aromatic rings. The number of nitrogens with zero attached hydrogens (tertiary/aromatic N) is 2. The third-order valence-electron chi connectivity index (χ3n) is 4.47. The number of aromatic nitrogens is 2. The van der Waals surface area contributed by atoms with Crippen LogP contribution in [0, 0.1) is 5.92 Å².